The van der Waals surface area contributed by atoms with E-state index in [-0.39, 0.29) is 23.4 Å². The van der Waals surface area contributed by atoms with Crippen molar-refractivity contribution in [1.82, 2.24) is 10.2 Å². The summed E-state index contributed by atoms with van der Waals surface area (Å²) in [6.45, 7) is 1.95. The Kier molecular flexibility index (Phi) is 5.92. The van der Waals surface area contributed by atoms with Crippen molar-refractivity contribution < 1.29 is 27.9 Å². The normalized spacial score (nSPS) is 17.0. The zero-order valence-corrected chi connectivity index (χ0v) is 17.2. The number of esters is 1. The third-order valence-electron chi connectivity index (χ3n) is 5.88. The number of piperidine rings is 1. The summed E-state index contributed by atoms with van der Waals surface area (Å²) in [5, 5.41) is 2.69. The van der Waals surface area contributed by atoms with Crippen LogP contribution >= 0.6 is 0 Å². The van der Waals surface area contributed by atoms with E-state index in [1.54, 1.807) is 11.0 Å². The molecule has 8 nitrogen and oxygen atoms in total. The second-order valence-electron chi connectivity index (χ2n) is 7.74. The summed E-state index contributed by atoms with van der Waals surface area (Å²) in [7, 11) is 1.33. The summed E-state index contributed by atoms with van der Waals surface area (Å²) in [5.74, 6) is -0.597. The molecule has 164 valence electrons. The molecule has 2 fully saturated rings. The number of ether oxygens (including phenoxy) is 1. The minimum atomic E-state index is -0.603. The van der Waals surface area contributed by atoms with Crippen LogP contribution in [0.4, 0.5) is 14.9 Å². The van der Waals surface area contributed by atoms with Crippen molar-refractivity contribution in [2.75, 3.05) is 38.2 Å². The molecule has 31 heavy (non-hydrogen) atoms. The van der Waals surface area contributed by atoms with Crippen molar-refractivity contribution in [3.63, 3.8) is 0 Å². The zero-order valence-electron chi connectivity index (χ0n) is 17.2. The van der Waals surface area contributed by atoms with Crippen molar-refractivity contribution in [2.45, 2.75) is 19.3 Å². The highest BCUT2D eigenvalue weighted by Crippen LogP contribution is 2.27. The molecular weight excluding hydrogens is 405 g/mol. The Balaban J connectivity index is 1.40. The Bertz CT molecular complexity index is 997. The van der Waals surface area contributed by atoms with Gasteiger partial charge in [0, 0.05) is 38.3 Å². The van der Waals surface area contributed by atoms with Crippen molar-refractivity contribution in [3.8, 4) is 0 Å². The molecule has 9 heteroatoms. The lowest BCUT2D eigenvalue weighted by Crippen LogP contribution is -2.39. The smallest absolute Gasteiger partial charge is 0.341 e. The van der Waals surface area contributed by atoms with Gasteiger partial charge in [-0.25, -0.2) is 14.0 Å². The van der Waals surface area contributed by atoms with Crippen LogP contribution in [0.25, 0.3) is 0 Å². The van der Waals surface area contributed by atoms with Crippen LogP contribution in [0.5, 0.6) is 0 Å². The van der Waals surface area contributed by atoms with Gasteiger partial charge in [-0.2, -0.15) is 0 Å². The number of methoxy groups -OCH3 is 1. The summed E-state index contributed by atoms with van der Waals surface area (Å²) in [6, 6.07) is 5.52. The summed E-state index contributed by atoms with van der Waals surface area (Å²) in [5.41, 5.74) is 0.892. The van der Waals surface area contributed by atoms with E-state index in [2.05, 4.69) is 5.32 Å². The van der Waals surface area contributed by atoms with Crippen LogP contribution in [-0.4, -0.2) is 56.1 Å². The van der Waals surface area contributed by atoms with Crippen LogP contribution in [0.1, 0.15) is 39.3 Å². The van der Waals surface area contributed by atoms with Gasteiger partial charge in [-0.1, -0.05) is 0 Å². The monoisotopic (exact) mass is 429 g/mol. The minimum Gasteiger partial charge on any atom is -0.468 e. The van der Waals surface area contributed by atoms with E-state index in [4.69, 9.17) is 9.15 Å². The lowest BCUT2D eigenvalue weighted by molar-refractivity contribution is 0.0597. The van der Waals surface area contributed by atoms with Gasteiger partial charge in [-0.3, -0.25) is 9.69 Å². The number of halogens is 1. The van der Waals surface area contributed by atoms with Crippen molar-refractivity contribution in [2.24, 2.45) is 5.92 Å². The van der Waals surface area contributed by atoms with Gasteiger partial charge >= 0.3 is 12.0 Å². The summed E-state index contributed by atoms with van der Waals surface area (Å²) in [6.07, 6.45) is 3.47. The van der Waals surface area contributed by atoms with Gasteiger partial charge in [0.05, 0.1) is 18.9 Å². The predicted octanol–water partition coefficient (Wildman–Crippen LogP) is 2.83. The molecular formula is C22H24FN3O5. The van der Waals surface area contributed by atoms with Gasteiger partial charge in [-0.05, 0) is 43.0 Å². The number of urea groups is 1. The van der Waals surface area contributed by atoms with E-state index in [9.17, 15) is 18.8 Å². The van der Waals surface area contributed by atoms with Crippen LogP contribution in [0.3, 0.4) is 0 Å². The second-order valence-corrected chi connectivity index (χ2v) is 7.74. The summed E-state index contributed by atoms with van der Waals surface area (Å²) < 4.78 is 24.6. The molecule has 0 aliphatic carbocycles. The quantitative estimate of drug-likeness (QED) is 0.738. The SMILES string of the molecule is COC(=O)c1ccoc1CC1CCN(C(=O)c2cc(N3CCNC3=O)ccc2F)CC1. The highest BCUT2D eigenvalue weighted by Gasteiger charge is 2.29. The van der Waals surface area contributed by atoms with Crippen molar-refractivity contribution >= 4 is 23.6 Å². The highest BCUT2D eigenvalue weighted by atomic mass is 19.1. The van der Waals surface area contributed by atoms with Gasteiger partial charge in [0.25, 0.3) is 5.91 Å². The van der Waals surface area contributed by atoms with Crippen LogP contribution in [0.2, 0.25) is 0 Å². The molecule has 0 saturated carbocycles. The molecule has 3 amide bonds. The number of benzene rings is 1. The molecule has 0 radical (unpaired) electrons. The number of carbonyl (C=O) groups excluding carboxylic acids is 3. The Labute approximate surface area is 178 Å². The van der Waals surface area contributed by atoms with Crippen LogP contribution in [0.15, 0.2) is 34.9 Å². The summed E-state index contributed by atoms with van der Waals surface area (Å²) >= 11 is 0. The lowest BCUT2D eigenvalue weighted by Gasteiger charge is -2.32. The number of anilines is 1. The van der Waals surface area contributed by atoms with E-state index >= 15 is 0 Å². The van der Waals surface area contributed by atoms with Crippen LogP contribution in [-0.2, 0) is 11.2 Å². The molecule has 0 atom stereocenters. The van der Waals surface area contributed by atoms with Gasteiger partial charge in [0.1, 0.15) is 17.1 Å². The minimum absolute atomic E-state index is 0.0327. The fraction of sp³-hybridized carbons (Fsp3) is 0.409. The molecule has 4 rings (SSSR count). The van der Waals surface area contributed by atoms with Gasteiger partial charge in [0.15, 0.2) is 0 Å². The molecule has 2 aromatic rings. The Morgan fingerprint density at radius 3 is 2.65 bits per heavy atom. The Morgan fingerprint density at radius 2 is 1.97 bits per heavy atom. The van der Waals surface area contributed by atoms with Crippen molar-refractivity contribution in [3.05, 3.63) is 53.2 Å². The number of amides is 3. The highest BCUT2D eigenvalue weighted by molar-refractivity contribution is 5.98. The van der Waals surface area contributed by atoms with E-state index in [1.165, 1.54) is 36.5 Å². The third-order valence-corrected chi connectivity index (χ3v) is 5.88. The van der Waals surface area contributed by atoms with E-state index < -0.39 is 11.8 Å². The molecule has 0 bridgehead atoms. The maximum absolute atomic E-state index is 14.4. The number of carbonyl (C=O) groups is 3. The fourth-order valence-electron chi connectivity index (χ4n) is 4.13. The maximum Gasteiger partial charge on any atom is 0.341 e. The van der Waals surface area contributed by atoms with E-state index in [0.717, 1.165) is 0 Å². The number of nitrogens with one attached hydrogen (secondary N) is 1. The standard InChI is InChI=1S/C22H24FN3O5/c1-30-21(28)16-6-11-31-19(16)12-14-4-8-25(9-5-14)20(27)17-13-15(2-3-18(17)23)26-10-7-24-22(26)29/h2-3,6,11,13-14H,4-5,7-10,12H2,1H3,(H,24,29). The molecule has 2 saturated heterocycles. The molecule has 1 aromatic carbocycles. The Morgan fingerprint density at radius 1 is 1.19 bits per heavy atom. The number of hydrogen-bond donors (Lipinski definition) is 1. The van der Waals surface area contributed by atoms with Gasteiger partial charge < -0.3 is 19.4 Å². The lowest BCUT2D eigenvalue weighted by atomic mass is 9.91. The first kappa shape index (κ1) is 20.9. The first-order chi connectivity index (χ1) is 15.0. The molecule has 2 aliphatic rings. The number of furan rings is 1. The van der Waals surface area contributed by atoms with Crippen molar-refractivity contribution in [1.29, 1.82) is 0 Å². The third kappa shape index (κ3) is 4.26. The average molecular weight is 429 g/mol. The second kappa shape index (κ2) is 8.79. The topological polar surface area (TPSA) is 92.1 Å². The van der Waals surface area contributed by atoms with Gasteiger partial charge in [-0.15, -0.1) is 0 Å². The number of likely N-dealkylation sites (tertiary alicyclic amines) is 1. The van der Waals surface area contributed by atoms with E-state index in [0.29, 0.717) is 62.5 Å². The fourth-order valence-corrected chi connectivity index (χ4v) is 4.13. The predicted molar refractivity (Wildman–Crippen MR) is 110 cm³/mol. The molecule has 3 heterocycles. The molecule has 1 N–H and O–H groups in total. The maximum atomic E-state index is 14.4. The van der Waals surface area contributed by atoms with Crippen LogP contribution in [0, 0.1) is 11.7 Å². The molecule has 1 aromatic heterocycles. The van der Waals surface area contributed by atoms with E-state index in [1.807, 2.05) is 0 Å². The molecule has 0 spiro atoms. The first-order valence-electron chi connectivity index (χ1n) is 10.3. The largest absolute Gasteiger partial charge is 0.468 e. The van der Waals surface area contributed by atoms with Crippen LogP contribution < -0.4 is 10.2 Å². The molecule has 2 aliphatic heterocycles. The zero-order chi connectivity index (χ0) is 22.0. The Hall–Kier alpha value is -3.36. The number of rotatable bonds is 5. The van der Waals surface area contributed by atoms with Gasteiger partial charge in [0.2, 0.25) is 0 Å². The molecule has 0 unspecified atom stereocenters. The first-order valence-corrected chi connectivity index (χ1v) is 10.3. The average Bonchev–Trinajstić information content (AvgIpc) is 3.42. The number of hydrogen-bond acceptors (Lipinski definition) is 5. The summed E-state index contributed by atoms with van der Waals surface area (Å²) in [4.78, 5) is 39.8. The number of nitrogens with zero attached hydrogens (tertiary/aromatic N) is 2.